The molecule has 0 aromatic heterocycles. The predicted molar refractivity (Wildman–Crippen MR) is 156 cm³/mol. The maximum atomic E-state index is 12.8. The van der Waals surface area contributed by atoms with Gasteiger partial charge < -0.3 is 21.3 Å². The van der Waals surface area contributed by atoms with E-state index in [1.165, 1.54) is 23.6 Å². The van der Waals surface area contributed by atoms with Gasteiger partial charge in [0.15, 0.2) is 0 Å². The number of unbranched alkanes of at least 4 members (excludes halogenated alkanes) is 1. The average molecular weight is 511 g/mol. The summed E-state index contributed by atoms with van der Waals surface area (Å²) in [4.78, 5) is 27.4. The minimum Gasteiger partial charge on any atom is -0.350 e. The second kappa shape index (κ2) is 13.7. The van der Waals surface area contributed by atoms with Crippen LogP contribution in [0.5, 0.6) is 0 Å². The number of rotatable bonds is 7. The van der Waals surface area contributed by atoms with Gasteiger partial charge in [-0.1, -0.05) is 86.1 Å². The van der Waals surface area contributed by atoms with Gasteiger partial charge in [0, 0.05) is 31.2 Å². The molecule has 38 heavy (non-hydrogen) atoms. The molecule has 1 fully saturated rings. The Labute approximate surface area is 225 Å². The summed E-state index contributed by atoms with van der Waals surface area (Å²) in [7, 11) is 0. The summed E-state index contributed by atoms with van der Waals surface area (Å²) in [5, 5.41) is 10.9. The smallest absolute Gasteiger partial charge is 0.251 e. The highest BCUT2D eigenvalue weighted by Gasteiger charge is 2.23. The highest BCUT2D eigenvalue weighted by Crippen LogP contribution is 2.21. The molecule has 0 radical (unpaired) electrons. The third kappa shape index (κ3) is 7.18. The minimum atomic E-state index is -0.0919. The second-order valence-corrected chi connectivity index (χ2v) is 9.73. The fraction of sp³-hybridized carbons (Fsp3) is 0.312. The molecule has 1 atom stereocenters. The summed E-state index contributed by atoms with van der Waals surface area (Å²) in [6.07, 6.45) is 3.17. The zero-order chi connectivity index (χ0) is 26.7. The van der Waals surface area contributed by atoms with Gasteiger partial charge in [-0.05, 0) is 58.6 Å². The molecule has 0 aliphatic carbocycles. The quantitative estimate of drug-likeness (QED) is 0.331. The van der Waals surface area contributed by atoms with E-state index in [2.05, 4.69) is 41.8 Å². The van der Waals surface area contributed by atoms with Crippen molar-refractivity contribution in [2.45, 2.75) is 38.8 Å². The van der Waals surface area contributed by atoms with Crippen LogP contribution in [0.1, 0.15) is 42.1 Å². The Hall–Kier alpha value is -3.74. The zero-order valence-electron chi connectivity index (χ0n) is 22.2. The molecule has 6 heteroatoms. The van der Waals surface area contributed by atoms with Crippen molar-refractivity contribution in [3.63, 3.8) is 0 Å². The lowest BCUT2D eigenvalue weighted by Gasteiger charge is -2.21. The van der Waals surface area contributed by atoms with Gasteiger partial charge >= 0.3 is 0 Å². The lowest BCUT2D eigenvalue weighted by atomic mass is 10.0. The standard InChI is InChI=1S/C28H27N3O2.C4H11N/c32-27-18-29-25(17-30-28(33)23-13-12-20-6-1-2-8-22(20)16-23)14-15-31(27)19-24-10-5-9-21-7-3-4-11-26(21)24;1-2-3-4-5/h1-13,16,25,29H,14-15,17-19H2,(H,30,33);2-5H2,1H3. The van der Waals surface area contributed by atoms with E-state index in [9.17, 15) is 9.59 Å². The highest BCUT2D eigenvalue weighted by molar-refractivity contribution is 5.98. The monoisotopic (exact) mass is 510 g/mol. The molecule has 4 N–H and O–H groups in total. The van der Waals surface area contributed by atoms with Gasteiger partial charge in [0.1, 0.15) is 0 Å². The van der Waals surface area contributed by atoms with E-state index >= 15 is 0 Å². The van der Waals surface area contributed by atoms with Crippen LogP contribution < -0.4 is 16.4 Å². The molecule has 1 aliphatic heterocycles. The van der Waals surface area contributed by atoms with Crippen molar-refractivity contribution >= 4 is 33.4 Å². The summed E-state index contributed by atoms with van der Waals surface area (Å²) in [5.41, 5.74) is 6.95. The molecule has 0 bridgehead atoms. The summed E-state index contributed by atoms with van der Waals surface area (Å²) < 4.78 is 0. The molecule has 0 saturated carbocycles. The molecule has 4 aromatic carbocycles. The summed E-state index contributed by atoms with van der Waals surface area (Å²) >= 11 is 0. The first-order valence-corrected chi connectivity index (χ1v) is 13.5. The molecule has 1 heterocycles. The number of carbonyl (C=O) groups excluding carboxylic acids is 2. The van der Waals surface area contributed by atoms with Gasteiger partial charge in [-0.2, -0.15) is 0 Å². The van der Waals surface area contributed by atoms with E-state index in [1.807, 2.05) is 65.6 Å². The van der Waals surface area contributed by atoms with Gasteiger partial charge in [-0.3, -0.25) is 9.59 Å². The third-order valence-corrected chi connectivity index (χ3v) is 6.96. The Morgan fingerprint density at radius 2 is 1.71 bits per heavy atom. The molecule has 0 spiro atoms. The van der Waals surface area contributed by atoms with E-state index in [0.717, 1.165) is 29.3 Å². The number of hydrogen-bond acceptors (Lipinski definition) is 4. The van der Waals surface area contributed by atoms with Crippen LogP contribution in [0.4, 0.5) is 0 Å². The van der Waals surface area contributed by atoms with Crippen molar-refractivity contribution in [2.24, 2.45) is 5.73 Å². The summed E-state index contributed by atoms with van der Waals surface area (Å²) in [6.45, 7) is 5.00. The van der Waals surface area contributed by atoms with Gasteiger partial charge in [-0.15, -0.1) is 0 Å². The zero-order valence-corrected chi connectivity index (χ0v) is 22.2. The Morgan fingerprint density at radius 1 is 0.974 bits per heavy atom. The first kappa shape index (κ1) is 27.3. The van der Waals surface area contributed by atoms with Crippen LogP contribution in [0.3, 0.4) is 0 Å². The number of hydrogen-bond donors (Lipinski definition) is 3. The first-order valence-electron chi connectivity index (χ1n) is 13.5. The number of carbonyl (C=O) groups is 2. The molecule has 5 rings (SSSR count). The van der Waals surface area contributed by atoms with Crippen molar-refractivity contribution < 1.29 is 9.59 Å². The third-order valence-electron chi connectivity index (χ3n) is 6.96. The summed E-state index contributed by atoms with van der Waals surface area (Å²) in [5.74, 6) is -0.00275. The predicted octanol–water partition coefficient (Wildman–Crippen LogP) is 4.86. The average Bonchev–Trinajstić information content (AvgIpc) is 3.13. The van der Waals surface area contributed by atoms with Gasteiger partial charge in [0.05, 0.1) is 6.54 Å². The van der Waals surface area contributed by atoms with E-state index in [1.54, 1.807) is 0 Å². The van der Waals surface area contributed by atoms with Crippen LogP contribution in [-0.4, -0.2) is 48.9 Å². The number of nitrogens with one attached hydrogen (secondary N) is 2. The van der Waals surface area contributed by atoms with Crippen LogP contribution in [0.2, 0.25) is 0 Å². The lowest BCUT2D eigenvalue weighted by Crippen LogP contribution is -2.41. The highest BCUT2D eigenvalue weighted by atomic mass is 16.2. The number of nitrogens with zero attached hydrogens (tertiary/aromatic N) is 1. The molecule has 6 nitrogen and oxygen atoms in total. The molecule has 1 unspecified atom stereocenters. The minimum absolute atomic E-state index is 0.0517. The van der Waals surface area contributed by atoms with Crippen molar-refractivity contribution in [1.82, 2.24) is 15.5 Å². The van der Waals surface area contributed by atoms with Gasteiger partial charge in [0.25, 0.3) is 5.91 Å². The van der Waals surface area contributed by atoms with E-state index < -0.39 is 0 Å². The van der Waals surface area contributed by atoms with E-state index in [-0.39, 0.29) is 24.4 Å². The molecule has 1 aliphatic rings. The number of nitrogens with two attached hydrogens (primary N) is 1. The van der Waals surface area contributed by atoms with Crippen molar-refractivity contribution in [2.75, 3.05) is 26.2 Å². The van der Waals surface area contributed by atoms with E-state index in [0.29, 0.717) is 25.2 Å². The molecule has 198 valence electrons. The Bertz CT molecular complexity index is 1360. The largest absolute Gasteiger partial charge is 0.350 e. The number of benzene rings is 4. The first-order chi connectivity index (χ1) is 18.6. The molecule has 2 amide bonds. The van der Waals surface area contributed by atoms with Crippen LogP contribution in [-0.2, 0) is 11.3 Å². The molecular formula is C32H38N4O2. The van der Waals surface area contributed by atoms with Crippen molar-refractivity contribution in [1.29, 1.82) is 0 Å². The van der Waals surface area contributed by atoms with Crippen LogP contribution >= 0.6 is 0 Å². The SMILES string of the molecule is CCCCN.O=C(NCC1CCN(Cc2cccc3ccccc23)C(=O)CN1)c1ccc2ccccc2c1. The lowest BCUT2D eigenvalue weighted by molar-refractivity contribution is -0.130. The number of amides is 2. The van der Waals surface area contributed by atoms with Crippen molar-refractivity contribution in [3.05, 3.63) is 96.1 Å². The van der Waals surface area contributed by atoms with Crippen LogP contribution in [0, 0.1) is 0 Å². The fourth-order valence-corrected chi connectivity index (χ4v) is 4.71. The summed E-state index contributed by atoms with van der Waals surface area (Å²) in [6, 6.07) is 28.3. The Morgan fingerprint density at radius 3 is 2.47 bits per heavy atom. The second-order valence-electron chi connectivity index (χ2n) is 9.73. The van der Waals surface area contributed by atoms with Gasteiger partial charge in [-0.25, -0.2) is 0 Å². The van der Waals surface area contributed by atoms with E-state index in [4.69, 9.17) is 5.73 Å². The molecular weight excluding hydrogens is 472 g/mol. The maximum absolute atomic E-state index is 12.8. The fourth-order valence-electron chi connectivity index (χ4n) is 4.71. The Balaban J connectivity index is 0.000000617. The van der Waals surface area contributed by atoms with Crippen molar-refractivity contribution in [3.8, 4) is 0 Å². The Kier molecular flexibility index (Phi) is 9.84. The topological polar surface area (TPSA) is 87.5 Å². The van der Waals surface area contributed by atoms with Crippen LogP contribution in [0.25, 0.3) is 21.5 Å². The normalized spacial score (nSPS) is 15.6. The van der Waals surface area contributed by atoms with Crippen LogP contribution in [0.15, 0.2) is 84.9 Å². The molecule has 4 aromatic rings. The number of fused-ring (bicyclic) bond motifs is 2. The van der Waals surface area contributed by atoms with Gasteiger partial charge in [0.2, 0.25) is 5.91 Å². The molecule has 1 saturated heterocycles. The maximum Gasteiger partial charge on any atom is 0.251 e.